The first-order valence-corrected chi connectivity index (χ1v) is 9.91. The first-order valence-electron chi connectivity index (χ1n) is 9.11. The van der Waals surface area contributed by atoms with Crippen LogP contribution < -0.4 is 24.3 Å². The molecule has 7 heteroatoms. The predicted molar refractivity (Wildman–Crippen MR) is 110 cm³/mol. The number of amides is 1. The highest BCUT2D eigenvalue weighted by molar-refractivity contribution is 9.10. The Morgan fingerprint density at radius 1 is 1.18 bits per heavy atom. The van der Waals surface area contributed by atoms with Crippen molar-refractivity contribution in [2.24, 2.45) is 0 Å². The van der Waals surface area contributed by atoms with Crippen LogP contribution in [-0.4, -0.2) is 32.8 Å². The fraction of sp³-hybridized carbons (Fsp3) is 0.381. The summed E-state index contributed by atoms with van der Waals surface area (Å²) >= 11 is 3.41. The first kappa shape index (κ1) is 20.3. The van der Waals surface area contributed by atoms with Crippen LogP contribution in [0.3, 0.4) is 0 Å². The second kappa shape index (κ2) is 8.73. The Hall–Kier alpha value is -2.41. The molecule has 2 aromatic rings. The van der Waals surface area contributed by atoms with Gasteiger partial charge >= 0.3 is 0 Å². The highest BCUT2D eigenvalue weighted by atomic mass is 79.9. The summed E-state index contributed by atoms with van der Waals surface area (Å²) in [6.07, 6.45) is 1.01. The van der Waals surface area contributed by atoms with Crippen molar-refractivity contribution in [1.82, 2.24) is 5.32 Å². The maximum absolute atomic E-state index is 12.7. The third-order valence-electron chi connectivity index (χ3n) is 4.53. The number of methoxy groups -OCH3 is 2. The molecule has 1 aliphatic heterocycles. The van der Waals surface area contributed by atoms with E-state index in [1.54, 1.807) is 26.4 Å². The zero-order chi connectivity index (χ0) is 20.3. The molecule has 0 bridgehead atoms. The van der Waals surface area contributed by atoms with Crippen molar-refractivity contribution in [3.05, 3.63) is 45.4 Å². The fourth-order valence-electron chi connectivity index (χ4n) is 3.19. The topological polar surface area (TPSA) is 66.0 Å². The van der Waals surface area contributed by atoms with Crippen molar-refractivity contribution in [1.29, 1.82) is 0 Å². The van der Waals surface area contributed by atoms with Gasteiger partial charge in [-0.2, -0.15) is 0 Å². The molecule has 150 valence electrons. The minimum atomic E-state index is -0.235. The third kappa shape index (κ3) is 4.19. The zero-order valence-electron chi connectivity index (χ0n) is 16.4. The summed E-state index contributed by atoms with van der Waals surface area (Å²) < 4.78 is 22.9. The van der Waals surface area contributed by atoms with Gasteiger partial charge in [-0.15, -0.1) is 0 Å². The third-order valence-corrected chi connectivity index (χ3v) is 5.31. The number of ether oxygens (including phenoxy) is 4. The minimum Gasteiger partial charge on any atom is -0.495 e. The molecule has 1 amide bonds. The molecular formula is C21H24BrNO5. The number of benzene rings is 2. The number of halogens is 1. The molecule has 1 N–H and O–H groups in total. The van der Waals surface area contributed by atoms with Crippen LogP contribution in [0.2, 0.25) is 0 Å². The SMILES string of the molecule is CCOc1cc2c(cc1CNC(=O)c1cc(OC)c(Br)c(OC)c1)O[C@H](C)C2. The zero-order valence-corrected chi connectivity index (χ0v) is 18.0. The van der Waals surface area contributed by atoms with Crippen LogP contribution >= 0.6 is 15.9 Å². The van der Waals surface area contributed by atoms with Gasteiger partial charge in [-0.1, -0.05) is 0 Å². The number of rotatable bonds is 7. The Kier molecular flexibility index (Phi) is 6.34. The van der Waals surface area contributed by atoms with Crippen LogP contribution in [0.5, 0.6) is 23.0 Å². The number of carbonyl (C=O) groups is 1. The average Bonchev–Trinajstić information content (AvgIpc) is 3.05. The lowest BCUT2D eigenvalue weighted by atomic mass is 10.1. The summed E-state index contributed by atoms with van der Waals surface area (Å²) in [6.45, 7) is 4.85. The smallest absolute Gasteiger partial charge is 0.251 e. The van der Waals surface area contributed by atoms with Crippen molar-refractivity contribution in [3.8, 4) is 23.0 Å². The van der Waals surface area contributed by atoms with E-state index in [2.05, 4.69) is 21.2 Å². The standard InChI is InChI=1S/C21H24BrNO5/c1-5-27-16-7-13-6-12(2)28-17(13)10-15(16)11-23-21(24)14-8-18(25-3)20(22)19(9-14)26-4/h7-10,12H,5-6,11H2,1-4H3,(H,23,24)/t12-/m1/s1. The summed E-state index contributed by atoms with van der Waals surface area (Å²) in [5.74, 6) is 2.44. The molecule has 0 spiro atoms. The van der Waals surface area contributed by atoms with Gasteiger partial charge < -0.3 is 24.3 Å². The monoisotopic (exact) mass is 449 g/mol. The van der Waals surface area contributed by atoms with Crippen LogP contribution in [0.15, 0.2) is 28.7 Å². The van der Waals surface area contributed by atoms with E-state index >= 15 is 0 Å². The van der Waals surface area contributed by atoms with Gasteiger partial charge in [-0.05, 0) is 54.0 Å². The Balaban J connectivity index is 1.80. The second-order valence-electron chi connectivity index (χ2n) is 6.51. The van der Waals surface area contributed by atoms with Crippen LogP contribution in [-0.2, 0) is 13.0 Å². The Morgan fingerprint density at radius 3 is 2.46 bits per heavy atom. The maximum Gasteiger partial charge on any atom is 0.251 e. The van der Waals surface area contributed by atoms with Gasteiger partial charge in [0.2, 0.25) is 0 Å². The normalized spacial score (nSPS) is 14.8. The highest BCUT2D eigenvalue weighted by Gasteiger charge is 2.22. The predicted octanol–water partition coefficient (Wildman–Crippen LogP) is 4.12. The van der Waals surface area contributed by atoms with Crippen LogP contribution in [0, 0.1) is 0 Å². The second-order valence-corrected chi connectivity index (χ2v) is 7.30. The molecule has 28 heavy (non-hydrogen) atoms. The number of nitrogens with one attached hydrogen (secondary N) is 1. The Labute approximate surface area is 173 Å². The van der Waals surface area contributed by atoms with E-state index in [9.17, 15) is 4.79 Å². The van der Waals surface area contributed by atoms with Crippen LogP contribution in [0.25, 0.3) is 0 Å². The minimum absolute atomic E-state index is 0.150. The molecule has 0 saturated carbocycles. The maximum atomic E-state index is 12.7. The van der Waals surface area contributed by atoms with Gasteiger partial charge in [0.05, 0.1) is 20.8 Å². The molecule has 0 saturated heterocycles. The molecule has 0 aliphatic carbocycles. The molecule has 0 fully saturated rings. The average molecular weight is 450 g/mol. The number of carbonyl (C=O) groups excluding carboxylic acids is 1. The van der Waals surface area contributed by atoms with Crippen molar-refractivity contribution in [3.63, 3.8) is 0 Å². The van der Waals surface area contributed by atoms with Crippen molar-refractivity contribution >= 4 is 21.8 Å². The molecule has 0 radical (unpaired) electrons. The van der Waals surface area contributed by atoms with E-state index in [1.807, 2.05) is 26.0 Å². The van der Waals surface area contributed by atoms with Crippen LogP contribution in [0.1, 0.15) is 35.3 Å². The lowest BCUT2D eigenvalue weighted by Crippen LogP contribution is -2.23. The van der Waals surface area contributed by atoms with Gasteiger partial charge in [-0.3, -0.25) is 4.79 Å². The van der Waals surface area contributed by atoms with Crippen molar-refractivity contribution in [2.75, 3.05) is 20.8 Å². The lowest BCUT2D eigenvalue weighted by Gasteiger charge is -2.14. The van der Waals surface area contributed by atoms with E-state index in [0.717, 1.165) is 29.0 Å². The van der Waals surface area contributed by atoms with Crippen LogP contribution in [0.4, 0.5) is 0 Å². The largest absolute Gasteiger partial charge is 0.495 e. The first-order chi connectivity index (χ1) is 13.5. The summed E-state index contributed by atoms with van der Waals surface area (Å²) in [5.41, 5.74) is 2.45. The molecule has 0 aromatic heterocycles. The molecule has 1 atom stereocenters. The van der Waals surface area contributed by atoms with Gasteiger partial charge in [0.25, 0.3) is 5.91 Å². The van der Waals surface area contributed by atoms with Gasteiger partial charge in [0, 0.05) is 29.7 Å². The van der Waals surface area contributed by atoms with E-state index in [4.69, 9.17) is 18.9 Å². The fourth-order valence-corrected chi connectivity index (χ4v) is 3.74. The van der Waals surface area contributed by atoms with Gasteiger partial charge in [-0.25, -0.2) is 0 Å². The Morgan fingerprint density at radius 2 is 1.86 bits per heavy atom. The summed E-state index contributed by atoms with van der Waals surface area (Å²) in [5, 5.41) is 2.94. The van der Waals surface area contributed by atoms with E-state index < -0.39 is 0 Å². The molecule has 0 unspecified atom stereocenters. The molecule has 1 heterocycles. The number of fused-ring (bicyclic) bond motifs is 1. The summed E-state index contributed by atoms with van der Waals surface area (Å²) in [4.78, 5) is 12.7. The van der Waals surface area contributed by atoms with Gasteiger partial charge in [0.1, 0.15) is 33.6 Å². The highest BCUT2D eigenvalue weighted by Crippen LogP contribution is 2.36. The molecule has 1 aliphatic rings. The van der Waals surface area contributed by atoms with Crippen molar-refractivity contribution in [2.45, 2.75) is 32.9 Å². The number of hydrogen-bond donors (Lipinski definition) is 1. The van der Waals surface area contributed by atoms with E-state index in [-0.39, 0.29) is 12.0 Å². The molecular weight excluding hydrogens is 426 g/mol. The van der Waals surface area contributed by atoms with Crippen molar-refractivity contribution < 1.29 is 23.7 Å². The van der Waals surface area contributed by atoms with Gasteiger partial charge in [0.15, 0.2) is 0 Å². The molecule has 3 rings (SSSR count). The summed E-state index contributed by atoms with van der Waals surface area (Å²) in [6, 6.07) is 7.29. The molecule has 6 nitrogen and oxygen atoms in total. The van der Waals surface area contributed by atoms with E-state index in [1.165, 1.54) is 0 Å². The summed E-state index contributed by atoms with van der Waals surface area (Å²) in [7, 11) is 3.09. The molecule has 2 aromatic carbocycles. The quantitative estimate of drug-likeness (QED) is 0.688. The van der Waals surface area contributed by atoms with E-state index in [0.29, 0.717) is 34.7 Å². The Bertz CT molecular complexity index is 858. The number of hydrogen-bond acceptors (Lipinski definition) is 5. The lowest BCUT2D eigenvalue weighted by molar-refractivity contribution is 0.0949.